The van der Waals surface area contributed by atoms with Gasteiger partial charge in [0.1, 0.15) is 5.82 Å². The highest BCUT2D eigenvalue weighted by Crippen LogP contribution is 2.32. The molecule has 0 aliphatic carbocycles. The van der Waals surface area contributed by atoms with Crippen LogP contribution < -0.4 is 0 Å². The predicted molar refractivity (Wildman–Crippen MR) is 97.6 cm³/mol. The van der Waals surface area contributed by atoms with E-state index >= 15 is 0 Å². The second-order valence-electron chi connectivity index (χ2n) is 6.49. The quantitative estimate of drug-likeness (QED) is 0.672. The Morgan fingerprint density at radius 3 is 2.96 bits per heavy atom. The van der Waals surface area contributed by atoms with Gasteiger partial charge >= 0.3 is 0 Å². The number of halogens is 2. The molecule has 0 unspecified atom stereocenters. The molecule has 3 heterocycles. The largest absolute Gasteiger partial charge is 0.344 e. The van der Waals surface area contributed by atoms with Gasteiger partial charge in [0.05, 0.1) is 6.20 Å². The first-order valence-electron chi connectivity index (χ1n) is 8.19. The summed E-state index contributed by atoms with van der Waals surface area (Å²) in [6, 6.07) is 8.07. The third-order valence-electron chi connectivity index (χ3n) is 4.79. The van der Waals surface area contributed by atoms with E-state index in [9.17, 15) is 4.39 Å². The van der Waals surface area contributed by atoms with Crippen molar-refractivity contribution in [1.29, 1.82) is 0 Å². The van der Waals surface area contributed by atoms with Gasteiger partial charge in [-0.2, -0.15) is 0 Å². The summed E-state index contributed by atoms with van der Waals surface area (Å²) in [5.74, 6) is -0.266. The molecule has 0 saturated heterocycles. The molecule has 0 radical (unpaired) electrons. The van der Waals surface area contributed by atoms with Gasteiger partial charge in [-0.25, -0.2) is 4.39 Å². The van der Waals surface area contributed by atoms with Crippen LogP contribution in [0.3, 0.4) is 0 Å². The van der Waals surface area contributed by atoms with Crippen LogP contribution in [0.25, 0.3) is 10.9 Å². The van der Waals surface area contributed by atoms with Crippen LogP contribution in [0.4, 0.5) is 4.39 Å². The highest BCUT2D eigenvalue weighted by atomic mass is 79.9. The second-order valence-corrected chi connectivity index (χ2v) is 7.40. The first-order chi connectivity index (χ1) is 11.6. The predicted octanol–water partition coefficient (Wildman–Crippen LogP) is 4.17. The summed E-state index contributed by atoms with van der Waals surface area (Å²) < 4.78 is 16.9. The minimum atomic E-state index is -0.266. The maximum Gasteiger partial charge on any atom is 0.141 e. The Bertz CT molecular complexity index is 903. The molecule has 0 atom stereocenters. The molecule has 0 amide bonds. The van der Waals surface area contributed by atoms with Crippen LogP contribution in [0.1, 0.15) is 16.8 Å². The number of pyridine rings is 1. The monoisotopic (exact) mass is 387 g/mol. The molecule has 0 N–H and O–H groups in total. The van der Waals surface area contributed by atoms with E-state index in [0.717, 1.165) is 42.5 Å². The van der Waals surface area contributed by atoms with E-state index in [2.05, 4.69) is 55.6 Å². The normalized spacial score (nSPS) is 15.0. The lowest BCUT2D eigenvalue weighted by atomic mass is 10.1. The third-order valence-corrected chi connectivity index (χ3v) is 5.29. The molecule has 1 aliphatic heterocycles. The van der Waals surface area contributed by atoms with E-state index in [0.29, 0.717) is 0 Å². The smallest absolute Gasteiger partial charge is 0.141 e. The van der Waals surface area contributed by atoms with Gasteiger partial charge in [0.2, 0.25) is 0 Å². The molecule has 0 bridgehead atoms. The molecule has 124 valence electrons. The minimum Gasteiger partial charge on any atom is -0.344 e. The van der Waals surface area contributed by atoms with E-state index in [4.69, 9.17) is 0 Å². The zero-order chi connectivity index (χ0) is 16.7. The molecule has 0 fully saturated rings. The van der Waals surface area contributed by atoms with Crippen LogP contribution in [0.2, 0.25) is 0 Å². The van der Waals surface area contributed by atoms with Crippen molar-refractivity contribution in [3.05, 3.63) is 63.8 Å². The van der Waals surface area contributed by atoms with Gasteiger partial charge < -0.3 is 9.47 Å². The van der Waals surface area contributed by atoms with E-state index in [-0.39, 0.29) is 5.82 Å². The molecule has 5 heteroatoms. The lowest BCUT2D eigenvalue weighted by molar-refractivity contribution is 0.309. The first-order valence-corrected chi connectivity index (χ1v) is 8.98. The van der Waals surface area contributed by atoms with Gasteiger partial charge in [0.15, 0.2) is 0 Å². The summed E-state index contributed by atoms with van der Waals surface area (Å²) in [5.41, 5.74) is 5.06. The number of benzene rings is 1. The van der Waals surface area contributed by atoms with Crippen molar-refractivity contribution in [2.45, 2.75) is 25.9 Å². The molecular formula is C19H19BrFN3. The Labute approximate surface area is 149 Å². The summed E-state index contributed by atoms with van der Waals surface area (Å²) in [7, 11) is 2.17. The number of aromatic nitrogens is 2. The Hall–Kier alpha value is -1.72. The molecule has 4 rings (SSSR count). The minimum absolute atomic E-state index is 0.266. The van der Waals surface area contributed by atoms with Crippen LogP contribution in [0, 0.1) is 5.82 Å². The Morgan fingerprint density at radius 2 is 2.12 bits per heavy atom. The van der Waals surface area contributed by atoms with E-state index < -0.39 is 0 Å². The summed E-state index contributed by atoms with van der Waals surface area (Å²) >= 11 is 3.60. The van der Waals surface area contributed by atoms with Crippen LogP contribution >= 0.6 is 15.9 Å². The fourth-order valence-electron chi connectivity index (χ4n) is 3.65. The van der Waals surface area contributed by atoms with Crippen LogP contribution in [0.15, 0.2) is 41.1 Å². The highest BCUT2D eigenvalue weighted by molar-refractivity contribution is 9.10. The number of hydrogen-bond acceptors (Lipinski definition) is 2. The average molecular weight is 388 g/mol. The number of likely N-dealkylation sites (N-methyl/N-ethyl adjacent to an activating group) is 1. The Morgan fingerprint density at radius 1 is 1.25 bits per heavy atom. The molecular weight excluding hydrogens is 369 g/mol. The average Bonchev–Trinajstić information content (AvgIpc) is 2.85. The maximum absolute atomic E-state index is 13.4. The van der Waals surface area contributed by atoms with Gasteiger partial charge in [-0.3, -0.25) is 4.98 Å². The Balaban J connectivity index is 1.74. The van der Waals surface area contributed by atoms with Crippen LogP contribution in [-0.2, 0) is 25.9 Å². The molecule has 0 spiro atoms. The number of fused-ring (bicyclic) bond motifs is 3. The fraction of sp³-hybridized carbons (Fsp3) is 0.316. The lowest BCUT2D eigenvalue weighted by Gasteiger charge is -2.24. The van der Waals surface area contributed by atoms with Crippen molar-refractivity contribution in [2.24, 2.45) is 0 Å². The van der Waals surface area contributed by atoms with E-state index in [1.807, 2.05) is 0 Å². The van der Waals surface area contributed by atoms with Gasteiger partial charge in [-0.15, -0.1) is 0 Å². The number of nitrogens with zero attached hydrogens (tertiary/aromatic N) is 3. The SMILES string of the molecule is CN1CCc2c(c3cc(Br)ccc3n2CCc2cncc(F)c2)C1. The zero-order valence-electron chi connectivity index (χ0n) is 13.6. The summed E-state index contributed by atoms with van der Waals surface area (Å²) in [6.45, 7) is 2.91. The van der Waals surface area contributed by atoms with Gasteiger partial charge in [-0.05, 0) is 48.9 Å². The van der Waals surface area contributed by atoms with Gasteiger partial charge in [-0.1, -0.05) is 15.9 Å². The summed E-state index contributed by atoms with van der Waals surface area (Å²) in [5, 5.41) is 1.32. The van der Waals surface area contributed by atoms with Crippen molar-refractivity contribution in [3.8, 4) is 0 Å². The lowest BCUT2D eigenvalue weighted by Crippen LogP contribution is -2.27. The molecule has 2 aromatic heterocycles. The maximum atomic E-state index is 13.4. The highest BCUT2D eigenvalue weighted by Gasteiger charge is 2.22. The molecule has 3 nitrogen and oxygen atoms in total. The second kappa shape index (κ2) is 6.30. The van der Waals surface area contributed by atoms with Crippen LogP contribution in [0.5, 0.6) is 0 Å². The molecule has 3 aromatic rings. The topological polar surface area (TPSA) is 21.1 Å². The standard InChI is InChI=1S/C19H19BrFN3/c1-23-6-5-19-17(12-23)16-9-14(20)2-3-18(16)24(19)7-4-13-8-15(21)11-22-10-13/h2-3,8-11H,4-7,12H2,1H3. The van der Waals surface area contributed by atoms with E-state index in [1.165, 1.54) is 28.4 Å². The molecule has 1 aliphatic rings. The van der Waals surface area contributed by atoms with Gasteiger partial charge in [0.25, 0.3) is 0 Å². The number of hydrogen-bond donors (Lipinski definition) is 0. The zero-order valence-corrected chi connectivity index (χ0v) is 15.2. The molecule has 24 heavy (non-hydrogen) atoms. The Kier molecular flexibility index (Phi) is 4.14. The number of rotatable bonds is 3. The van der Waals surface area contributed by atoms with Crippen LogP contribution in [-0.4, -0.2) is 28.0 Å². The molecule has 0 saturated carbocycles. The van der Waals surface area contributed by atoms with Crippen molar-refractivity contribution in [2.75, 3.05) is 13.6 Å². The van der Waals surface area contributed by atoms with E-state index in [1.54, 1.807) is 12.3 Å². The first kappa shape index (κ1) is 15.8. The van der Waals surface area contributed by atoms with Crippen molar-refractivity contribution in [1.82, 2.24) is 14.5 Å². The third kappa shape index (κ3) is 2.87. The van der Waals surface area contributed by atoms with Gasteiger partial charge in [0, 0.05) is 53.3 Å². The fourth-order valence-corrected chi connectivity index (χ4v) is 4.01. The van der Waals surface area contributed by atoms with Crippen molar-refractivity contribution < 1.29 is 4.39 Å². The molecule has 1 aromatic carbocycles. The van der Waals surface area contributed by atoms with Crippen molar-refractivity contribution >= 4 is 26.8 Å². The van der Waals surface area contributed by atoms with Crippen molar-refractivity contribution in [3.63, 3.8) is 0 Å². The summed E-state index contributed by atoms with van der Waals surface area (Å²) in [6.07, 6.45) is 4.85. The number of aryl methyl sites for hydroxylation is 2. The summed E-state index contributed by atoms with van der Waals surface area (Å²) in [4.78, 5) is 6.32.